The van der Waals surface area contributed by atoms with Crippen molar-refractivity contribution in [3.8, 4) is 0 Å². The van der Waals surface area contributed by atoms with E-state index in [1.54, 1.807) is 19.1 Å². The normalized spacial score (nSPS) is 11.5. The first-order valence-electron chi connectivity index (χ1n) is 5.93. The first-order valence-corrected chi connectivity index (χ1v) is 9.49. The number of hydrogen-bond acceptors (Lipinski definition) is 4. The van der Waals surface area contributed by atoms with Crippen LogP contribution in [-0.2, 0) is 16.6 Å². The summed E-state index contributed by atoms with van der Waals surface area (Å²) in [4.78, 5) is 1.29. The van der Waals surface area contributed by atoms with E-state index in [4.69, 9.17) is 18.0 Å². The summed E-state index contributed by atoms with van der Waals surface area (Å²) in [5.41, 5.74) is 6.74. The number of halogens is 1. The average molecular weight is 405 g/mol. The predicted octanol–water partition coefficient (Wildman–Crippen LogP) is 2.93. The molecule has 0 amide bonds. The van der Waals surface area contributed by atoms with Crippen LogP contribution < -0.4 is 10.5 Å². The summed E-state index contributed by atoms with van der Waals surface area (Å²) in [6.45, 7) is 1.97. The number of nitrogens with two attached hydrogens (primary N) is 1. The molecule has 0 aliphatic carbocycles. The van der Waals surface area contributed by atoms with Crippen molar-refractivity contribution in [3.63, 3.8) is 0 Å². The minimum atomic E-state index is -3.62. The summed E-state index contributed by atoms with van der Waals surface area (Å²) in [5, 5.41) is 1.90. The van der Waals surface area contributed by atoms with E-state index in [0.29, 0.717) is 11.1 Å². The number of hydrogen-bond donors (Lipinski definition) is 2. The lowest BCUT2D eigenvalue weighted by molar-refractivity contribution is 0.581. The Morgan fingerprint density at radius 2 is 2.14 bits per heavy atom. The van der Waals surface area contributed by atoms with Gasteiger partial charge in [-0.1, -0.05) is 24.4 Å². The van der Waals surface area contributed by atoms with Gasteiger partial charge in [0, 0.05) is 21.5 Å². The van der Waals surface area contributed by atoms with Crippen molar-refractivity contribution in [2.24, 2.45) is 5.73 Å². The molecule has 3 N–H and O–H groups in total. The van der Waals surface area contributed by atoms with Gasteiger partial charge in [0.15, 0.2) is 0 Å². The smallest absolute Gasteiger partial charge is 0.241 e. The first-order chi connectivity index (χ1) is 9.81. The molecular formula is C13H13BrN2O2S3. The molecule has 0 saturated heterocycles. The van der Waals surface area contributed by atoms with E-state index in [9.17, 15) is 8.42 Å². The third kappa shape index (κ3) is 3.89. The largest absolute Gasteiger partial charge is 0.389 e. The molecule has 0 spiro atoms. The molecular weight excluding hydrogens is 392 g/mol. The number of aryl methyl sites for hydroxylation is 1. The van der Waals surface area contributed by atoms with Gasteiger partial charge in [-0.05, 0) is 45.9 Å². The van der Waals surface area contributed by atoms with Crippen LogP contribution in [0.4, 0.5) is 0 Å². The Kier molecular flexibility index (Phi) is 5.15. The lowest BCUT2D eigenvalue weighted by Gasteiger charge is -2.10. The van der Waals surface area contributed by atoms with Crippen molar-refractivity contribution in [1.82, 2.24) is 4.72 Å². The summed E-state index contributed by atoms with van der Waals surface area (Å²) < 4.78 is 28.3. The topological polar surface area (TPSA) is 72.2 Å². The Hall–Kier alpha value is -0.800. The molecule has 0 saturated carbocycles. The molecule has 0 atom stereocenters. The van der Waals surface area contributed by atoms with E-state index in [2.05, 4.69) is 20.7 Å². The fraction of sp³-hybridized carbons (Fsp3) is 0.154. The Morgan fingerprint density at radius 1 is 1.43 bits per heavy atom. The second kappa shape index (κ2) is 6.53. The lowest BCUT2D eigenvalue weighted by atomic mass is 10.1. The maximum absolute atomic E-state index is 12.4. The minimum Gasteiger partial charge on any atom is -0.389 e. The summed E-state index contributed by atoms with van der Waals surface area (Å²) >= 11 is 9.75. The van der Waals surface area contributed by atoms with Gasteiger partial charge in [0.1, 0.15) is 4.99 Å². The standard InChI is InChI=1S/C13H13BrN2O2S3/c1-8-2-3-9(13(15)19)6-12(8)21(17,18)16-7-11-10(14)4-5-20-11/h2-6,16H,7H2,1H3,(H2,15,19). The Morgan fingerprint density at radius 3 is 2.71 bits per heavy atom. The van der Waals surface area contributed by atoms with Crippen LogP contribution in [0.3, 0.4) is 0 Å². The monoisotopic (exact) mass is 404 g/mol. The molecule has 0 unspecified atom stereocenters. The Bertz CT molecular complexity index is 784. The number of rotatable bonds is 5. The maximum atomic E-state index is 12.4. The van der Waals surface area contributed by atoms with Crippen molar-refractivity contribution in [3.05, 3.63) is 50.1 Å². The summed E-state index contributed by atoms with van der Waals surface area (Å²) in [5.74, 6) is 0. The molecule has 1 heterocycles. The van der Waals surface area contributed by atoms with Crippen molar-refractivity contribution < 1.29 is 8.42 Å². The second-order valence-corrected chi connectivity index (χ2v) is 8.39. The molecule has 112 valence electrons. The summed E-state index contributed by atoms with van der Waals surface area (Å²) in [6.07, 6.45) is 0. The van der Waals surface area contributed by atoms with Gasteiger partial charge in [-0.3, -0.25) is 0 Å². The fourth-order valence-electron chi connectivity index (χ4n) is 1.73. The van der Waals surface area contributed by atoms with Crippen LogP contribution >= 0.6 is 39.5 Å². The minimum absolute atomic E-state index is 0.174. The van der Waals surface area contributed by atoms with Crippen molar-refractivity contribution >= 4 is 54.5 Å². The zero-order valence-corrected chi connectivity index (χ0v) is 15.1. The highest BCUT2D eigenvalue weighted by molar-refractivity contribution is 9.10. The van der Waals surface area contributed by atoms with Crippen LogP contribution in [0.2, 0.25) is 0 Å². The second-order valence-electron chi connectivity index (χ2n) is 4.36. The van der Waals surface area contributed by atoms with E-state index < -0.39 is 10.0 Å². The van der Waals surface area contributed by atoms with E-state index >= 15 is 0 Å². The van der Waals surface area contributed by atoms with Gasteiger partial charge in [-0.2, -0.15) is 0 Å². The zero-order chi connectivity index (χ0) is 15.6. The van der Waals surface area contributed by atoms with E-state index in [-0.39, 0.29) is 16.4 Å². The zero-order valence-electron chi connectivity index (χ0n) is 11.1. The molecule has 0 aliphatic heterocycles. The van der Waals surface area contributed by atoms with Gasteiger partial charge in [0.05, 0.1) is 4.90 Å². The molecule has 1 aromatic heterocycles. The molecule has 2 rings (SSSR count). The maximum Gasteiger partial charge on any atom is 0.241 e. The molecule has 1 aromatic carbocycles. The third-order valence-corrected chi connectivity index (χ3v) is 6.58. The predicted molar refractivity (Wildman–Crippen MR) is 93.1 cm³/mol. The molecule has 2 aromatic rings. The number of benzene rings is 1. The molecule has 0 bridgehead atoms. The van der Waals surface area contributed by atoms with Crippen LogP contribution in [0.1, 0.15) is 16.0 Å². The Labute approximate surface area is 141 Å². The molecule has 0 radical (unpaired) electrons. The van der Waals surface area contributed by atoms with Gasteiger partial charge < -0.3 is 5.73 Å². The van der Waals surface area contributed by atoms with Crippen LogP contribution in [0.5, 0.6) is 0 Å². The highest BCUT2D eigenvalue weighted by Gasteiger charge is 2.18. The highest BCUT2D eigenvalue weighted by Crippen LogP contribution is 2.23. The highest BCUT2D eigenvalue weighted by atomic mass is 79.9. The van der Waals surface area contributed by atoms with Crippen molar-refractivity contribution in [1.29, 1.82) is 0 Å². The van der Waals surface area contributed by atoms with Crippen molar-refractivity contribution in [2.75, 3.05) is 0 Å². The van der Waals surface area contributed by atoms with Crippen LogP contribution in [0, 0.1) is 6.92 Å². The van der Waals surface area contributed by atoms with E-state index in [1.807, 2.05) is 11.4 Å². The van der Waals surface area contributed by atoms with Gasteiger partial charge in [-0.25, -0.2) is 13.1 Å². The molecule has 21 heavy (non-hydrogen) atoms. The van der Waals surface area contributed by atoms with Crippen molar-refractivity contribution in [2.45, 2.75) is 18.4 Å². The SMILES string of the molecule is Cc1ccc(C(N)=S)cc1S(=O)(=O)NCc1sccc1Br. The molecule has 4 nitrogen and oxygen atoms in total. The quantitative estimate of drug-likeness (QED) is 0.751. The van der Waals surface area contributed by atoms with E-state index in [1.165, 1.54) is 17.4 Å². The molecule has 0 fully saturated rings. The number of nitrogens with one attached hydrogen (secondary N) is 1. The van der Waals surface area contributed by atoms with Gasteiger partial charge in [-0.15, -0.1) is 11.3 Å². The van der Waals surface area contributed by atoms with Gasteiger partial charge in [0.2, 0.25) is 10.0 Å². The first kappa shape index (κ1) is 16.6. The van der Waals surface area contributed by atoms with Crippen LogP contribution in [0.25, 0.3) is 0 Å². The molecule has 8 heteroatoms. The van der Waals surface area contributed by atoms with Crippen LogP contribution in [0.15, 0.2) is 39.0 Å². The van der Waals surface area contributed by atoms with Crippen LogP contribution in [-0.4, -0.2) is 13.4 Å². The summed E-state index contributed by atoms with van der Waals surface area (Å²) in [6, 6.07) is 6.80. The third-order valence-electron chi connectivity index (χ3n) is 2.88. The van der Waals surface area contributed by atoms with E-state index in [0.717, 1.165) is 9.35 Å². The number of thiocarbonyl (C=S) groups is 1. The average Bonchev–Trinajstić information content (AvgIpc) is 2.82. The summed E-state index contributed by atoms with van der Waals surface area (Å²) in [7, 11) is -3.62. The number of sulfonamides is 1. The molecule has 0 aliphatic rings. The van der Waals surface area contributed by atoms with Gasteiger partial charge >= 0.3 is 0 Å². The Balaban J connectivity index is 2.29. The van der Waals surface area contributed by atoms with Gasteiger partial charge in [0.25, 0.3) is 0 Å². The number of thiophene rings is 1. The lowest BCUT2D eigenvalue weighted by Crippen LogP contribution is -2.24. The fourth-order valence-corrected chi connectivity index (χ4v) is 4.65.